The number of carbonyl (C=O) groups excluding carboxylic acids is 4. The molecule has 0 radical (unpaired) electrons. The highest BCUT2D eigenvalue weighted by atomic mass is 32.2. The number of hydrogen-bond donors (Lipinski definition) is 1. The van der Waals surface area contributed by atoms with Gasteiger partial charge in [-0.1, -0.05) is 252 Å². The van der Waals surface area contributed by atoms with Crippen LogP contribution in [-0.2, 0) is 33.4 Å². The number of rotatable bonds is 51. The van der Waals surface area contributed by atoms with Gasteiger partial charge in [0.2, 0.25) is 5.91 Å². The van der Waals surface area contributed by atoms with Gasteiger partial charge in [-0.3, -0.25) is 14.4 Å². The van der Waals surface area contributed by atoms with Gasteiger partial charge in [0, 0.05) is 30.8 Å². The molecule has 0 fully saturated rings. The quantitative estimate of drug-likeness (QED) is 0.0365. The molecule has 1 amide bonds. The van der Waals surface area contributed by atoms with Crippen molar-refractivity contribution < 1.29 is 33.4 Å². The minimum Gasteiger partial charge on any atom is -0.462 e. The Hall–Kier alpha value is -1.77. The number of ether oxygens (including phenoxy) is 3. The molecule has 2 atom stereocenters. The maximum absolute atomic E-state index is 13.3. The molecule has 0 aromatic rings. The molecule has 0 aromatic carbocycles. The van der Waals surface area contributed by atoms with Gasteiger partial charge in [-0.15, -0.1) is 0 Å². The smallest absolute Gasteiger partial charge is 0.330 e. The molecule has 0 saturated carbocycles. The summed E-state index contributed by atoms with van der Waals surface area (Å²) in [6.07, 6.45) is 48.8. The lowest BCUT2D eigenvalue weighted by Crippen LogP contribution is -2.46. The standard InChI is InChI=1S/C58H111NO7S/c1-7-10-13-16-19-22-25-28-31-34-37-40-43-46-54(60)59-53(57(63)66-58(4,5)6)51-67-50-52(65-56(62)48-45-42-39-36-33-30-27-24-21-18-15-12-9-3)49-64-55(61)47-44-41-38-35-32-29-26-23-20-17-14-11-8-2/h52-53H,7-51H2,1-6H3,(H,59,60)/t52-,53+/m0/s1. The van der Waals surface area contributed by atoms with Gasteiger partial charge < -0.3 is 19.5 Å². The number of esters is 3. The summed E-state index contributed by atoms with van der Waals surface area (Å²) in [5.74, 6) is -0.571. The summed E-state index contributed by atoms with van der Waals surface area (Å²) in [4.78, 5) is 52.3. The van der Waals surface area contributed by atoms with Crippen molar-refractivity contribution in [1.82, 2.24) is 5.32 Å². The van der Waals surface area contributed by atoms with E-state index in [1.165, 1.54) is 204 Å². The summed E-state index contributed by atoms with van der Waals surface area (Å²) in [7, 11) is 0. The third-order valence-corrected chi connectivity index (χ3v) is 14.0. The van der Waals surface area contributed by atoms with Gasteiger partial charge in [0.15, 0.2) is 0 Å². The highest BCUT2D eigenvalue weighted by molar-refractivity contribution is 7.99. The van der Waals surface area contributed by atoms with Gasteiger partial charge in [-0.2, -0.15) is 11.8 Å². The molecular formula is C58H111NO7S. The summed E-state index contributed by atoms with van der Waals surface area (Å²) in [6, 6.07) is -0.834. The molecule has 8 nitrogen and oxygen atoms in total. The molecule has 0 aliphatic carbocycles. The molecule has 0 spiro atoms. The Morgan fingerprint density at radius 2 is 0.731 bits per heavy atom. The Morgan fingerprint density at radius 3 is 1.07 bits per heavy atom. The second kappa shape index (κ2) is 49.2. The van der Waals surface area contributed by atoms with Crippen molar-refractivity contribution in [2.45, 2.75) is 329 Å². The first-order valence-electron chi connectivity index (χ1n) is 29.0. The third-order valence-electron chi connectivity index (χ3n) is 12.8. The molecule has 0 rings (SSSR count). The largest absolute Gasteiger partial charge is 0.462 e. The fraction of sp³-hybridized carbons (Fsp3) is 0.931. The van der Waals surface area contributed by atoms with E-state index in [-0.39, 0.29) is 30.2 Å². The van der Waals surface area contributed by atoms with Crippen molar-refractivity contribution in [2.75, 3.05) is 18.1 Å². The van der Waals surface area contributed by atoms with Crippen LogP contribution in [-0.4, -0.2) is 59.7 Å². The van der Waals surface area contributed by atoms with Crippen molar-refractivity contribution in [3.8, 4) is 0 Å². The van der Waals surface area contributed by atoms with Gasteiger partial charge in [0.05, 0.1) is 0 Å². The van der Waals surface area contributed by atoms with Crippen LogP contribution in [0.1, 0.15) is 311 Å². The minimum atomic E-state index is -0.834. The van der Waals surface area contributed by atoms with E-state index in [9.17, 15) is 19.2 Å². The molecular weight excluding hydrogens is 855 g/mol. The van der Waals surface area contributed by atoms with E-state index in [0.29, 0.717) is 25.0 Å². The fourth-order valence-electron chi connectivity index (χ4n) is 8.62. The molecule has 0 saturated heterocycles. The maximum Gasteiger partial charge on any atom is 0.330 e. The predicted molar refractivity (Wildman–Crippen MR) is 287 cm³/mol. The zero-order chi connectivity index (χ0) is 49.3. The van der Waals surface area contributed by atoms with Crippen LogP contribution in [0.5, 0.6) is 0 Å². The van der Waals surface area contributed by atoms with Crippen molar-refractivity contribution >= 4 is 35.6 Å². The first-order chi connectivity index (χ1) is 32.5. The van der Waals surface area contributed by atoms with Crippen molar-refractivity contribution in [2.24, 2.45) is 0 Å². The molecule has 67 heavy (non-hydrogen) atoms. The van der Waals surface area contributed by atoms with Crippen LogP contribution >= 0.6 is 11.8 Å². The number of carbonyl (C=O) groups is 4. The Balaban J connectivity index is 4.93. The Labute approximate surface area is 419 Å². The lowest BCUT2D eigenvalue weighted by molar-refractivity contribution is -0.158. The summed E-state index contributed by atoms with van der Waals surface area (Å²) < 4.78 is 17.3. The van der Waals surface area contributed by atoms with Crippen LogP contribution in [0.25, 0.3) is 0 Å². The lowest BCUT2D eigenvalue weighted by Gasteiger charge is -2.25. The maximum atomic E-state index is 13.3. The lowest BCUT2D eigenvalue weighted by atomic mass is 10.0. The summed E-state index contributed by atoms with van der Waals surface area (Å²) in [5.41, 5.74) is -0.702. The number of unbranched alkanes of at least 4 members (excludes halogenated alkanes) is 36. The number of nitrogens with one attached hydrogen (secondary N) is 1. The second-order valence-corrected chi connectivity index (χ2v) is 22.0. The van der Waals surface area contributed by atoms with Crippen molar-refractivity contribution in [3.05, 3.63) is 0 Å². The van der Waals surface area contributed by atoms with Gasteiger partial charge in [0.25, 0.3) is 0 Å². The van der Waals surface area contributed by atoms with Crippen LogP contribution in [0.2, 0.25) is 0 Å². The average Bonchev–Trinajstić information content (AvgIpc) is 3.29. The van der Waals surface area contributed by atoms with E-state index in [2.05, 4.69) is 26.1 Å². The fourth-order valence-corrected chi connectivity index (χ4v) is 9.64. The van der Waals surface area contributed by atoms with Crippen LogP contribution in [0.15, 0.2) is 0 Å². The van der Waals surface area contributed by atoms with E-state index >= 15 is 0 Å². The summed E-state index contributed by atoms with van der Waals surface area (Å²) >= 11 is 1.41. The van der Waals surface area contributed by atoms with Gasteiger partial charge in [-0.25, -0.2) is 4.79 Å². The number of thioether (sulfide) groups is 1. The second-order valence-electron chi connectivity index (χ2n) is 21.0. The van der Waals surface area contributed by atoms with E-state index in [1.54, 1.807) is 0 Å². The van der Waals surface area contributed by atoms with E-state index in [0.717, 1.165) is 57.8 Å². The minimum absolute atomic E-state index is 0.0167. The third kappa shape index (κ3) is 49.0. The van der Waals surface area contributed by atoms with E-state index in [4.69, 9.17) is 14.2 Å². The summed E-state index contributed by atoms with van der Waals surface area (Å²) in [5, 5.41) is 2.95. The van der Waals surface area contributed by atoms with Crippen molar-refractivity contribution in [3.63, 3.8) is 0 Å². The van der Waals surface area contributed by atoms with Crippen LogP contribution in [0, 0.1) is 0 Å². The van der Waals surface area contributed by atoms with Crippen LogP contribution < -0.4 is 5.32 Å². The van der Waals surface area contributed by atoms with Crippen LogP contribution in [0.3, 0.4) is 0 Å². The highest BCUT2D eigenvalue weighted by Crippen LogP contribution is 2.19. The molecule has 396 valence electrons. The molecule has 0 aromatic heterocycles. The Kier molecular flexibility index (Phi) is 47.9. The first kappa shape index (κ1) is 65.2. The molecule has 0 heterocycles. The Bertz CT molecular complexity index is 1130. The normalized spacial score (nSPS) is 12.5. The topological polar surface area (TPSA) is 108 Å². The number of amides is 1. The highest BCUT2D eigenvalue weighted by Gasteiger charge is 2.28. The zero-order valence-electron chi connectivity index (χ0n) is 45.2. The van der Waals surface area contributed by atoms with Gasteiger partial charge >= 0.3 is 17.9 Å². The molecule has 0 unspecified atom stereocenters. The molecule has 0 aliphatic rings. The monoisotopic (exact) mass is 966 g/mol. The molecule has 9 heteroatoms. The first-order valence-corrected chi connectivity index (χ1v) is 30.1. The Morgan fingerprint density at radius 1 is 0.418 bits per heavy atom. The van der Waals surface area contributed by atoms with Gasteiger partial charge in [0.1, 0.15) is 24.4 Å². The van der Waals surface area contributed by atoms with E-state index in [1.807, 2.05) is 20.8 Å². The molecule has 1 N–H and O–H groups in total. The predicted octanol–water partition coefficient (Wildman–Crippen LogP) is 17.4. The molecule has 0 aliphatic heterocycles. The van der Waals surface area contributed by atoms with Crippen molar-refractivity contribution in [1.29, 1.82) is 0 Å². The summed E-state index contributed by atoms with van der Waals surface area (Å²) in [6.45, 7) is 12.2. The zero-order valence-corrected chi connectivity index (χ0v) is 46.1. The number of hydrogen-bond acceptors (Lipinski definition) is 8. The van der Waals surface area contributed by atoms with Crippen LogP contribution in [0.4, 0.5) is 0 Å². The van der Waals surface area contributed by atoms with E-state index < -0.39 is 23.7 Å². The SMILES string of the molecule is CCCCCCCCCCCCCCCC(=O)N[C@H](CSC[C@H](COC(=O)CCCCCCCCCCCCCCC)OC(=O)CCCCCCCCCCCCCCC)C(=O)OC(C)(C)C. The van der Waals surface area contributed by atoms with Gasteiger partial charge in [-0.05, 0) is 40.0 Å². The average molecular weight is 967 g/mol. The molecule has 0 bridgehead atoms.